The Morgan fingerprint density at radius 1 is 0.842 bits per heavy atom. The second-order valence-electron chi connectivity index (χ2n) is 9.92. The zero-order valence-electron chi connectivity index (χ0n) is 22.2. The number of rotatable bonds is 11. The highest BCUT2D eigenvalue weighted by molar-refractivity contribution is 5.87. The summed E-state index contributed by atoms with van der Waals surface area (Å²) in [5, 5.41) is 9.45. The number of aromatic carboxylic acids is 1. The van der Waals surface area contributed by atoms with Crippen LogP contribution in [0.2, 0.25) is 0 Å². The van der Waals surface area contributed by atoms with Gasteiger partial charge in [-0.2, -0.15) is 0 Å². The number of nitrogens with zero attached hydrogens (tertiary/aromatic N) is 3. The fraction of sp³-hybridized carbons (Fsp3) is 0.250. The molecule has 0 spiro atoms. The molecule has 0 saturated heterocycles. The third kappa shape index (κ3) is 7.49. The lowest BCUT2D eigenvalue weighted by atomic mass is 10.1. The lowest BCUT2D eigenvalue weighted by Crippen LogP contribution is -2.27. The van der Waals surface area contributed by atoms with Gasteiger partial charge in [-0.1, -0.05) is 54.1 Å². The van der Waals surface area contributed by atoms with Gasteiger partial charge >= 0.3 is 5.97 Å². The van der Waals surface area contributed by atoms with E-state index in [0.29, 0.717) is 18.8 Å². The summed E-state index contributed by atoms with van der Waals surface area (Å²) in [5.74, 6) is -1.18. The first-order valence-corrected chi connectivity index (χ1v) is 12.8. The van der Waals surface area contributed by atoms with E-state index < -0.39 is 5.97 Å². The standard InChI is InChI=1S/C32H34FN3O2/c1-23-4-7-25(8-5-23)15-17-36(22-30-19-28(32(37)38)14-16-34-30)31-18-27(9-6-24(31)2)21-35(3)20-26-10-12-29(33)13-11-26/h4-14,16,18-19H,15,17,20-22H2,1-3H3,(H,37,38). The number of anilines is 1. The molecular formula is C32H34FN3O2. The SMILES string of the molecule is Cc1ccc(CCN(Cc2cc(C(=O)O)ccn2)c2cc(CN(C)Cc3ccc(F)cc3)ccc2C)cc1. The van der Waals surface area contributed by atoms with E-state index in [1.807, 2.05) is 12.1 Å². The third-order valence-electron chi connectivity index (χ3n) is 6.64. The lowest BCUT2D eigenvalue weighted by Gasteiger charge is -2.28. The number of aryl methyl sites for hydroxylation is 2. The van der Waals surface area contributed by atoms with E-state index in [1.54, 1.807) is 12.3 Å². The average molecular weight is 512 g/mol. The first kappa shape index (κ1) is 27.0. The Kier molecular flexibility index (Phi) is 8.87. The van der Waals surface area contributed by atoms with Gasteiger partial charge in [0.1, 0.15) is 5.82 Å². The fourth-order valence-electron chi connectivity index (χ4n) is 4.56. The molecule has 0 fully saturated rings. The van der Waals surface area contributed by atoms with Gasteiger partial charge in [-0.05, 0) is 79.9 Å². The van der Waals surface area contributed by atoms with Gasteiger partial charge in [0.05, 0.1) is 17.8 Å². The third-order valence-corrected chi connectivity index (χ3v) is 6.64. The van der Waals surface area contributed by atoms with E-state index in [-0.39, 0.29) is 11.4 Å². The van der Waals surface area contributed by atoms with Crippen LogP contribution in [0, 0.1) is 19.7 Å². The predicted molar refractivity (Wildman–Crippen MR) is 150 cm³/mol. The molecule has 4 aromatic rings. The van der Waals surface area contributed by atoms with Crippen molar-refractivity contribution in [3.05, 3.63) is 130 Å². The molecule has 1 aromatic heterocycles. The minimum absolute atomic E-state index is 0.228. The van der Waals surface area contributed by atoms with Crippen LogP contribution < -0.4 is 4.90 Å². The zero-order chi connectivity index (χ0) is 27.1. The van der Waals surface area contributed by atoms with Crippen molar-refractivity contribution in [1.82, 2.24) is 9.88 Å². The van der Waals surface area contributed by atoms with E-state index in [1.165, 1.54) is 34.9 Å². The highest BCUT2D eigenvalue weighted by Crippen LogP contribution is 2.25. The molecule has 3 aromatic carbocycles. The van der Waals surface area contributed by atoms with E-state index >= 15 is 0 Å². The quantitative estimate of drug-likeness (QED) is 0.252. The second kappa shape index (κ2) is 12.5. The van der Waals surface area contributed by atoms with E-state index in [4.69, 9.17) is 0 Å². The first-order chi connectivity index (χ1) is 18.3. The van der Waals surface area contributed by atoms with Crippen molar-refractivity contribution in [3.63, 3.8) is 0 Å². The lowest BCUT2D eigenvalue weighted by molar-refractivity contribution is 0.0696. The zero-order valence-corrected chi connectivity index (χ0v) is 22.2. The Hall–Kier alpha value is -4.03. The van der Waals surface area contributed by atoms with Gasteiger partial charge in [-0.3, -0.25) is 9.88 Å². The molecule has 0 aliphatic rings. The molecule has 196 valence electrons. The van der Waals surface area contributed by atoms with Crippen molar-refractivity contribution in [2.24, 2.45) is 0 Å². The molecule has 1 heterocycles. The van der Waals surface area contributed by atoms with E-state index in [2.05, 4.69) is 78.1 Å². The molecule has 0 saturated carbocycles. The van der Waals surface area contributed by atoms with Crippen LogP contribution in [0.15, 0.2) is 85.1 Å². The number of carbonyl (C=O) groups is 1. The number of halogens is 1. The van der Waals surface area contributed by atoms with Crippen LogP contribution in [0.1, 0.15) is 43.9 Å². The fourth-order valence-corrected chi connectivity index (χ4v) is 4.56. The molecule has 38 heavy (non-hydrogen) atoms. The monoisotopic (exact) mass is 511 g/mol. The molecule has 1 N–H and O–H groups in total. The van der Waals surface area contributed by atoms with Gasteiger partial charge in [0.2, 0.25) is 0 Å². The summed E-state index contributed by atoms with van der Waals surface area (Å²) in [6.07, 6.45) is 2.41. The topological polar surface area (TPSA) is 56.7 Å². The normalized spacial score (nSPS) is 11.1. The maximum absolute atomic E-state index is 13.3. The van der Waals surface area contributed by atoms with Crippen LogP contribution >= 0.6 is 0 Å². The minimum atomic E-state index is -0.956. The minimum Gasteiger partial charge on any atom is -0.478 e. The Labute approximate surface area is 224 Å². The molecular weight excluding hydrogens is 477 g/mol. The Balaban J connectivity index is 1.56. The number of carboxylic acids is 1. The van der Waals surface area contributed by atoms with Crippen LogP contribution in [0.5, 0.6) is 0 Å². The second-order valence-corrected chi connectivity index (χ2v) is 9.92. The average Bonchev–Trinajstić information content (AvgIpc) is 2.90. The van der Waals surface area contributed by atoms with E-state index in [0.717, 1.165) is 36.3 Å². The molecule has 6 heteroatoms. The predicted octanol–water partition coefficient (Wildman–Crippen LogP) is 6.42. The van der Waals surface area contributed by atoms with Crippen molar-refractivity contribution >= 4 is 11.7 Å². The summed E-state index contributed by atoms with van der Waals surface area (Å²) in [4.78, 5) is 20.5. The molecule has 5 nitrogen and oxygen atoms in total. The Morgan fingerprint density at radius 3 is 2.21 bits per heavy atom. The maximum atomic E-state index is 13.3. The Morgan fingerprint density at radius 2 is 1.50 bits per heavy atom. The molecule has 0 aliphatic carbocycles. The molecule has 0 aliphatic heterocycles. The Bertz CT molecular complexity index is 1370. The number of hydrogen-bond donors (Lipinski definition) is 1. The van der Waals surface area contributed by atoms with Crippen molar-refractivity contribution in [2.75, 3.05) is 18.5 Å². The largest absolute Gasteiger partial charge is 0.478 e. The van der Waals surface area contributed by atoms with Crippen molar-refractivity contribution < 1.29 is 14.3 Å². The van der Waals surface area contributed by atoms with E-state index in [9.17, 15) is 14.3 Å². The van der Waals surface area contributed by atoms with Gasteiger partial charge in [0.15, 0.2) is 0 Å². The van der Waals surface area contributed by atoms with Gasteiger partial charge in [0.25, 0.3) is 0 Å². The summed E-state index contributed by atoms with van der Waals surface area (Å²) in [5.41, 5.74) is 7.91. The smallest absolute Gasteiger partial charge is 0.335 e. The van der Waals surface area contributed by atoms with Crippen LogP contribution in [0.4, 0.5) is 10.1 Å². The molecule has 0 unspecified atom stereocenters. The highest BCUT2D eigenvalue weighted by atomic mass is 19.1. The van der Waals surface area contributed by atoms with Crippen LogP contribution in [-0.4, -0.2) is 34.6 Å². The molecule has 0 amide bonds. The summed E-state index contributed by atoms with van der Waals surface area (Å²) in [6.45, 7) is 6.90. The van der Waals surface area contributed by atoms with Crippen molar-refractivity contribution in [1.29, 1.82) is 0 Å². The molecule has 0 radical (unpaired) electrons. The van der Waals surface area contributed by atoms with Crippen molar-refractivity contribution in [3.8, 4) is 0 Å². The first-order valence-electron chi connectivity index (χ1n) is 12.8. The summed E-state index contributed by atoms with van der Waals surface area (Å²) in [7, 11) is 2.05. The van der Waals surface area contributed by atoms with Gasteiger partial charge in [-0.15, -0.1) is 0 Å². The molecule has 0 atom stereocenters. The number of pyridine rings is 1. The van der Waals surface area contributed by atoms with Gasteiger partial charge < -0.3 is 10.0 Å². The molecule has 0 bridgehead atoms. The number of benzene rings is 3. The molecule has 4 rings (SSSR count). The van der Waals surface area contributed by atoms with Crippen molar-refractivity contribution in [2.45, 2.75) is 39.9 Å². The van der Waals surface area contributed by atoms with Gasteiger partial charge in [-0.25, -0.2) is 9.18 Å². The van der Waals surface area contributed by atoms with Crippen LogP contribution in [0.25, 0.3) is 0 Å². The maximum Gasteiger partial charge on any atom is 0.335 e. The summed E-state index contributed by atoms with van der Waals surface area (Å²) < 4.78 is 13.3. The summed E-state index contributed by atoms with van der Waals surface area (Å²) in [6, 6.07) is 24.8. The number of carboxylic acid groups (broad SMARTS) is 1. The van der Waals surface area contributed by atoms with Crippen LogP contribution in [0.3, 0.4) is 0 Å². The van der Waals surface area contributed by atoms with Crippen LogP contribution in [-0.2, 0) is 26.1 Å². The highest BCUT2D eigenvalue weighted by Gasteiger charge is 2.15. The summed E-state index contributed by atoms with van der Waals surface area (Å²) >= 11 is 0. The number of hydrogen-bond acceptors (Lipinski definition) is 4. The number of aromatic nitrogens is 1. The van der Waals surface area contributed by atoms with Gasteiger partial charge in [0, 0.05) is 31.5 Å².